The molecule has 0 aliphatic carbocycles. The molecule has 0 bridgehead atoms. The first kappa shape index (κ1) is 13.9. The van der Waals surface area contributed by atoms with Gasteiger partial charge in [-0.05, 0) is 43.2 Å². The van der Waals surface area contributed by atoms with Gasteiger partial charge in [-0.15, -0.1) is 0 Å². The van der Waals surface area contributed by atoms with Crippen molar-refractivity contribution in [3.8, 4) is 11.5 Å². The van der Waals surface area contributed by atoms with E-state index >= 15 is 0 Å². The molecule has 2 aromatic carbocycles. The highest BCUT2D eigenvalue weighted by Gasteiger charge is 2.13. The molecule has 0 spiro atoms. The lowest BCUT2D eigenvalue weighted by molar-refractivity contribution is 0.102. The Morgan fingerprint density at radius 3 is 2.60 bits per heavy atom. The number of carbonyl (C=O) groups is 1. The molecule has 0 saturated heterocycles. The third-order valence-corrected chi connectivity index (χ3v) is 3.30. The summed E-state index contributed by atoms with van der Waals surface area (Å²) in [5, 5.41) is 12.7. The van der Waals surface area contributed by atoms with E-state index in [0.717, 1.165) is 16.8 Å². The highest BCUT2D eigenvalue weighted by molar-refractivity contribution is 6.06. The Kier molecular flexibility index (Phi) is 3.94. The fraction of sp³-hybridized carbons (Fsp3) is 0.188. The Hall–Kier alpha value is -2.49. The van der Waals surface area contributed by atoms with Crippen LogP contribution in [0.3, 0.4) is 0 Å². The molecule has 0 fully saturated rings. The maximum Gasteiger partial charge on any atom is 0.259 e. The number of carbonyl (C=O) groups excluding carboxylic acids is 1. The first-order chi connectivity index (χ1) is 9.52. The molecular formula is C16H17NO3. The van der Waals surface area contributed by atoms with Gasteiger partial charge in [-0.1, -0.05) is 12.1 Å². The summed E-state index contributed by atoms with van der Waals surface area (Å²) in [6.45, 7) is 3.93. The minimum absolute atomic E-state index is 0.104. The van der Waals surface area contributed by atoms with Crippen LogP contribution in [-0.4, -0.2) is 18.1 Å². The number of phenols is 1. The molecule has 104 valence electrons. The summed E-state index contributed by atoms with van der Waals surface area (Å²) in [6, 6.07) is 10.3. The fourth-order valence-electron chi connectivity index (χ4n) is 1.91. The van der Waals surface area contributed by atoms with E-state index in [4.69, 9.17) is 4.74 Å². The van der Waals surface area contributed by atoms with E-state index in [1.54, 1.807) is 6.07 Å². The van der Waals surface area contributed by atoms with E-state index in [1.807, 2.05) is 32.0 Å². The summed E-state index contributed by atoms with van der Waals surface area (Å²) in [4.78, 5) is 12.2. The number of ether oxygens (including phenoxy) is 1. The average Bonchev–Trinajstić information content (AvgIpc) is 2.43. The van der Waals surface area contributed by atoms with E-state index in [0.29, 0.717) is 5.75 Å². The molecule has 0 aliphatic rings. The number of rotatable bonds is 3. The smallest absolute Gasteiger partial charge is 0.259 e. The Balaban J connectivity index is 2.26. The molecule has 0 saturated carbocycles. The first-order valence-corrected chi connectivity index (χ1v) is 6.27. The molecule has 0 atom stereocenters. The number of amides is 1. The number of hydrogen-bond donors (Lipinski definition) is 2. The lowest BCUT2D eigenvalue weighted by atomic mass is 10.1. The Morgan fingerprint density at radius 2 is 1.95 bits per heavy atom. The van der Waals surface area contributed by atoms with Crippen molar-refractivity contribution >= 4 is 11.6 Å². The van der Waals surface area contributed by atoms with Crippen molar-refractivity contribution in [1.29, 1.82) is 0 Å². The highest BCUT2D eigenvalue weighted by atomic mass is 16.5. The third kappa shape index (κ3) is 2.74. The minimum Gasteiger partial charge on any atom is -0.507 e. The topological polar surface area (TPSA) is 58.6 Å². The maximum absolute atomic E-state index is 12.2. The lowest BCUT2D eigenvalue weighted by Gasteiger charge is -2.11. The molecule has 20 heavy (non-hydrogen) atoms. The normalized spacial score (nSPS) is 10.2. The fourth-order valence-corrected chi connectivity index (χ4v) is 1.91. The third-order valence-electron chi connectivity index (χ3n) is 3.30. The molecule has 0 heterocycles. The summed E-state index contributed by atoms with van der Waals surface area (Å²) in [5.74, 6) is 0.0526. The molecule has 2 rings (SSSR count). The Labute approximate surface area is 118 Å². The van der Waals surface area contributed by atoms with Crippen molar-refractivity contribution < 1.29 is 14.6 Å². The van der Waals surface area contributed by atoms with Crippen LogP contribution in [0.15, 0.2) is 36.4 Å². The van der Waals surface area contributed by atoms with Crippen molar-refractivity contribution in [2.75, 3.05) is 12.4 Å². The molecule has 0 aromatic heterocycles. The Morgan fingerprint density at radius 1 is 1.20 bits per heavy atom. The molecule has 0 unspecified atom stereocenters. The zero-order chi connectivity index (χ0) is 14.7. The van der Waals surface area contributed by atoms with E-state index in [1.165, 1.54) is 19.2 Å². The van der Waals surface area contributed by atoms with Crippen LogP contribution in [-0.2, 0) is 0 Å². The van der Waals surface area contributed by atoms with Crippen LogP contribution >= 0.6 is 0 Å². The van der Waals surface area contributed by atoms with Crippen LogP contribution in [0.1, 0.15) is 21.5 Å². The van der Waals surface area contributed by atoms with Gasteiger partial charge in [-0.25, -0.2) is 0 Å². The van der Waals surface area contributed by atoms with E-state index in [2.05, 4.69) is 5.32 Å². The number of methoxy groups -OCH3 is 1. The van der Waals surface area contributed by atoms with E-state index < -0.39 is 0 Å². The molecular weight excluding hydrogens is 254 g/mol. The summed E-state index contributed by atoms with van der Waals surface area (Å²) >= 11 is 0. The Bertz CT molecular complexity index is 650. The van der Waals surface area contributed by atoms with Crippen LogP contribution in [0.4, 0.5) is 5.69 Å². The zero-order valence-electron chi connectivity index (χ0n) is 11.7. The van der Waals surface area contributed by atoms with Gasteiger partial charge >= 0.3 is 0 Å². The van der Waals surface area contributed by atoms with Crippen LogP contribution in [0.2, 0.25) is 0 Å². The molecule has 2 N–H and O–H groups in total. The minimum atomic E-state index is -0.348. The van der Waals surface area contributed by atoms with Crippen LogP contribution in [0, 0.1) is 13.8 Å². The lowest BCUT2D eigenvalue weighted by Crippen LogP contribution is -2.13. The van der Waals surface area contributed by atoms with Gasteiger partial charge in [0, 0.05) is 11.8 Å². The SMILES string of the molecule is COc1ccc(C(=O)Nc2cccc(C)c2C)c(O)c1. The van der Waals surface area contributed by atoms with Gasteiger partial charge in [-0.3, -0.25) is 4.79 Å². The van der Waals surface area contributed by atoms with Gasteiger partial charge < -0.3 is 15.2 Å². The van der Waals surface area contributed by atoms with E-state index in [-0.39, 0.29) is 17.2 Å². The van der Waals surface area contributed by atoms with Crippen molar-refractivity contribution in [2.45, 2.75) is 13.8 Å². The molecule has 4 nitrogen and oxygen atoms in total. The molecule has 0 radical (unpaired) electrons. The number of anilines is 1. The highest BCUT2D eigenvalue weighted by Crippen LogP contribution is 2.25. The first-order valence-electron chi connectivity index (χ1n) is 6.27. The summed E-state index contributed by atoms with van der Waals surface area (Å²) in [7, 11) is 1.50. The van der Waals surface area contributed by atoms with Gasteiger partial charge in [0.1, 0.15) is 11.5 Å². The summed E-state index contributed by atoms with van der Waals surface area (Å²) in [6.07, 6.45) is 0. The molecule has 2 aromatic rings. The number of hydrogen-bond acceptors (Lipinski definition) is 3. The number of phenolic OH excluding ortho intramolecular Hbond substituents is 1. The van der Waals surface area contributed by atoms with Gasteiger partial charge in [-0.2, -0.15) is 0 Å². The second-order valence-corrected chi connectivity index (χ2v) is 4.58. The second kappa shape index (κ2) is 5.65. The predicted octanol–water partition coefficient (Wildman–Crippen LogP) is 3.27. The van der Waals surface area contributed by atoms with Crippen LogP contribution < -0.4 is 10.1 Å². The monoisotopic (exact) mass is 271 g/mol. The zero-order valence-corrected chi connectivity index (χ0v) is 11.7. The van der Waals surface area contributed by atoms with Gasteiger partial charge in [0.2, 0.25) is 0 Å². The number of aromatic hydroxyl groups is 1. The number of aryl methyl sites for hydroxylation is 1. The molecule has 1 amide bonds. The van der Waals surface area contributed by atoms with Crippen molar-refractivity contribution in [3.63, 3.8) is 0 Å². The maximum atomic E-state index is 12.2. The van der Waals surface area contributed by atoms with E-state index in [9.17, 15) is 9.90 Å². The summed E-state index contributed by atoms with van der Waals surface area (Å²) in [5.41, 5.74) is 3.06. The number of benzene rings is 2. The van der Waals surface area contributed by atoms with Gasteiger partial charge in [0.25, 0.3) is 5.91 Å². The second-order valence-electron chi connectivity index (χ2n) is 4.58. The van der Waals surface area contributed by atoms with Gasteiger partial charge in [0.05, 0.1) is 12.7 Å². The number of nitrogens with one attached hydrogen (secondary N) is 1. The predicted molar refractivity (Wildman–Crippen MR) is 78.5 cm³/mol. The quantitative estimate of drug-likeness (QED) is 0.900. The largest absolute Gasteiger partial charge is 0.507 e. The van der Waals surface area contributed by atoms with Crippen molar-refractivity contribution in [1.82, 2.24) is 0 Å². The van der Waals surface area contributed by atoms with Gasteiger partial charge in [0.15, 0.2) is 0 Å². The summed E-state index contributed by atoms with van der Waals surface area (Å²) < 4.78 is 4.99. The molecule has 4 heteroatoms. The molecule has 0 aliphatic heterocycles. The van der Waals surface area contributed by atoms with Crippen molar-refractivity contribution in [3.05, 3.63) is 53.1 Å². The van der Waals surface area contributed by atoms with Crippen molar-refractivity contribution in [2.24, 2.45) is 0 Å². The average molecular weight is 271 g/mol. The van der Waals surface area contributed by atoms with Crippen LogP contribution in [0.25, 0.3) is 0 Å². The van der Waals surface area contributed by atoms with Crippen LogP contribution in [0.5, 0.6) is 11.5 Å². The standard InChI is InChI=1S/C16H17NO3/c1-10-5-4-6-14(11(10)2)17-16(19)13-8-7-12(20-3)9-15(13)18/h4-9,18H,1-3H3,(H,17,19).